The first kappa shape index (κ1) is 25.7. The molecule has 0 saturated heterocycles. The number of rotatable bonds is 11. The third kappa shape index (κ3) is 5.96. The van der Waals surface area contributed by atoms with Gasteiger partial charge in [-0.3, -0.25) is 14.4 Å². The molecule has 10 heteroatoms. The van der Waals surface area contributed by atoms with E-state index >= 15 is 0 Å². The molecule has 10 nitrogen and oxygen atoms in total. The van der Waals surface area contributed by atoms with Gasteiger partial charge in [0.15, 0.2) is 0 Å². The van der Waals surface area contributed by atoms with Crippen LogP contribution in [0.4, 0.5) is 4.79 Å². The van der Waals surface area contributed by atoms with Crippen molar-refractivity contribution < 1.29 is 33.8 Å². The van der Waals surface area contributed by atoms with Crippen LogP contribution in [0.3, 0.4) is 0 Å². The van der Waals surface area contributed by atoms with Gasteiger partial charge in [-0.2, -0.15) is 0 Å². The number of carbonyl (C=O) groups excluding carboxylic acids is 3. The smallest absolute Gasteiger partial charge is 0.408 e. The Morgan fingerprint density at radius 1 is 0.943 bits per heavy atom. The summed E-state index contributed by atoms with van der Waals surface area (Å²) in [6.45, 7) is 0.586. The summed E-state index contributed by atoms with van der Waals surface area (Å²) in [5.74, 6) is -2.67. The minimum atomic E-state index is -1.48. The topological polar surface area (TPSA) is 143 Å². The van der Waals surface area contributed by atoms with Gasteiger partial charge in [0.25, 0.3) is 0 Å². The fourth-order valence-corrected chi connectivity index (χ4v) is 4.15. The second kappa shape index (κ2) is 11.5. The van der Waals surface area contributed by atoms with Gasteiger partial charge in [0.05, 0.1) is 13.2 Å². The van der Waals surface area contributed by atoms with E-state index in [4.69, 9.17) is 14.6 Å². The summed E-state index contributed by atoms with van der Waals surface area (Å²) in [6, 6.07) is 15.9. The summed E-state index contributed by atoms with van der Waals surface area (Å²) < 4.78 is 10.7. The van der Waals surface area contributed by atoms with Crippen LogP contribution >= 0.6 is 0 Å². The zero-order valence-electron chi connectivity index (χ0n) is 19.6. The fraction of sp³-hybridized carbons (Fsp3) is 0.360. The minimum absolute atomic E-state index is 0.0752. The molecule has 0 saturated carbocycles. The highest BCUT2D eigenvalue weighted by Gasteiger charge is 2.39. The fourth-order valence-electron chi connectivity index (χ4n) is 4.15. The first-order valence-corrected chi connectivity index (χ1v) is 11.2. The number of hydrogen-bond acceptors (Lipinski definition) is 6. The number of ether oxygens (including phenoxy) is 2. The molecule has 2 aromatic carbocycles. The van der Waals surface area contributed by atoms with Crippen molar-refractivity contribution in [2.45, 2.75) is 24.8 Å². The van der Waals surface area contributed by atoms with Crippen LogP contribution in [0.25, 0.3) is 11.1 Å². The molecular formula is C25H29N3O7. The predicted octanol–water partition coefficient (Wildman–Crippen LogP) is 1.64. The highest BCUT2D eigenvalue weighted by molar-refractivity contribution is 5.93. The van der Waals surface area contributed by atoms with Crippen molar-refractivity contribution in [1.82, 2.24) is 16.0 Å². The maximum atomic E-state index is 12.9. The molecule has 35 heavy (non-hydrogen) atoms. The number of nitrogens with one attached hydrogen (secondary N) is 3. The number of hydrogen-bond donors (Lipinski definition) is 4. The Labute approximate surface area is 203 Å². The summed E-state index contributed by atoms with van der Waals surface area (Å²) in [4.78, 5) is 48.0. The van der Waals surface area contributed by atoms with Crippen LogP contribution < -0.4 is 16.0 Å². The van der Waals surface area contributed by atoms with Crippen molar-refractivity contribution in [1.29, 1.82) is 0 Å². The number of benzene rings is 2. The standard InChI is InChI=1S/C25H29N3O7/c1-3-25(15-34-2,23(32)27-12-21(29)26-13-22(30)31)28-24(33)35-14-20-18-10-6-4-8-16(18)17-9-5-7-11-19(17)20/h4-11,20H,3,12-15H2,1-2H3,(H,26,29)(H,27,32)(H,28,33)(H,30,31). The van der Waals surface area contributed by atoms with E-state index in [1.165, 1.54) is 7.11 Å². The molecule has 0 bridgehead atoms. The van der Waals surface area contributed by atoms with Crippen LogP contribution in [0.15, 0.2) is 48.5 Å². The number of carbonyl (C=O) groups is 4. The van der Waals surface area contributed by atoms with Gasteiger partial charge in [-0.15, -0.1) is 0 Å². The molecule has 1 aliphatic rings. The van der Waals surface area contributed by atoms with E-state index in [2.05, 4.69) is 16.0 Å². The number of aliphatic carboxylic acids is 1. The molecule has 2 aromatic rings. The Morgan fingerprint density at radius 3 is 2.09 bits per heavy atom. The lowest BCUT2D eigenvalue weighted by Crippen LogP contribution is -2.62. The maximum Gasteiger partial charge on any atom is 0.408 e. The van der Waals surface area contributed by atoms with Crippen molar-refractivity contribution in [3.05, 3.63) is 59.7 Å². The summed E-state index contributed by atoms with van der Waals surface area (Å²) in [5, 5.41) is 15.8. The Balaban J connectivity index is 1.65. The van der Waals surface area contributed by atoms with Gasteiger partial charge in [0, 0.05) is 13.0 Å². The Bertz CT molecular complexity index is 1060. The molecule has 0 heterocycles. The van der Waals surface area contributed by atoms with Crippen LogP contribution in [0.2, 0.25) is 0 Å². The van der Waals surface area contributed by atoms with Gasteiger partial charge in [0.1, 0.15) is 18.7 Å². The van der Waals surface area contributed by atoms with Gasteiger partial charge < -0.3 is 30.5 Å². The summed E-state index contributed by atoms with van der Waals surface area (Å²) in [7, 11) is 1.39. The quantitative estimate of drug-likeness (QED) is 0.380. The first-order chi connectivity index (χ1) is 16.8. The van der Waals surface area contributed by atoms with E-state index < -0.39 is 42.5 Å². The monoisotopic (exact) mass is 483 g/mol. The number of carboxylic acid groups (broad SMARTS) is 1. The maximum absolute atomic E-state index is 12.9. The highest BCUT2D eigenvalue weighted by atomic mass is 16.5. The molecule has 1 unspecified atom stereocenters. The van der Waals surface area contributed by atoms with Crippen LogP contribution in [-0.4, -0.2) is 67.9 Å². The largest absolute Gasteiger partial charge is 0.480 e. The molecule has 1 atom stereocenters. The van der Waals surface area contributed by atoms with E-state index in [0.717, 1.165) is 22.3 Å². The second-order valence-electron chi connectivity index (χ2n) is 8.17. The normalized spacial score (nSPS) is 13.7. The average molecular weight is 484 g/mol. The minimum Gasteiger partial charge on any atom is -0.480 e. The van der Waals surface area contributed by atoms with Gasteiger partial charge >= 0.3 is 12.1 Å². The van der Waals surface area contributed by atoms with E-state index in [9.17, 15) is 19.2 Å². The molecule has 0 aromatic heterocycles. The highest BCUT2D eigenvalue weighted by Crippen LogP contribution is 2.44. The molecule has 3 rings (SSSR count). The van der Waals surface area contributed by atoms with Crippen molar-refractivity contribution in [3.63, 3.8) is 0 Å². The van der Waals surface area contributed by atoms with Crippen LogP contribution in [0.5, 0.6) is 0 Å². The predicted molar refractivity (Wildman–Crippen MR) is 127 cm³/mol. The molecule has 0 radical (unpaired) electrons. The first-order valence-electron chi connectivity index (χ1n) is 11.2. The lowest BCUT2D eigenvalue weighted by molar-refractivity contribution is -0.138. The van der Waals surface area contributed by atoms with Crippen molar-refractivity contribution in [2.75, 3.05) is 33.4 Å². The Morgan fingerprint density at radius 2 is 1.54 bits per heavy atom. The van der Waals surface area contributed by atoms with Crippen LogP contribution in [0, 0.1) is 0 Å². The second-order valence-corrected chi connectivity index (χ2v) is 8.17. The average Bonchev–Trinajstić information content (AvgIpc) is 3.18. The molecule has 0 spiro atoms. The molecule has 3 amide bonds. The third-order valence-electron chi connectivity index (χ3n) is 5.96. The van der Waals surface area contributed by atoms with Crippen molar-refractivity contribution in [3.8, 4) is 11.1 Å². The number of alkyl carbamates (subject to hydrolysis) is 1. The number of amides is 3. The summed E-state index contributed by atoms with van der Waals surface area (Å²) in [6.07, 6.45) is -0.635. The number of fused-ring (bicyclic) bond motifs is 3. The molecule has 186 valence electrons. The van der Waals surface area contributed by atoms with Gasteiger partial charge in [-0.05, 0) is 28.7 Å². The lowest BCUT2D eigenvalue weighted by Gasteiger charge is -2.31. The van der Waals surface area contributed by atoms with E-state index in [0.29, 0.717) is 0 Å². The van der Waals surface area contributed by atoms with Crippen LogP contribution in [0.1, 0.15) is 30.4 Å². The molecule has 4 N–H and O–H groups in total. The Kier molecular flexibility index (Phi) is 8.43. The molecular weight excluding hydrogens is 454 g/mol. The van der Waals surface area contributed by atoms with Crippen LogP contribution in [-0.2, 0) is 23.9 Å². The number of methoxy groups -OCH3 is 1. The van der Waals surface area contributed by atoms with E-state index in [1.54, 1.807) is 6.92 Å². The third-order valence-corrected chi connectivity index (χ3v) is 5.96. The number of carboxylic acids is 1. The molecule has 0 aliphatic heterocycles. The zero-order valence-corrected chi connectivity index (χ0v) is 19.6. The lowest BCUT2D eigenvalue weighted by atomic mass is 9.96. The molecule has 0 fully saturated rings. The SMILES string of the molecule is CCC(COC)(NC(=O)OCC1c2ccccc2-c2ccccc21)C(=O)NCC(=O)NCC(=O)O. The van der Waals surface area contributed by atoms with Gasteiger partial charge in [0.2, 0.25) is 11.8 Å². The van der Waals surface area contributed by atoms with Gasteiger partial charge in [-0.1, -0.05) is 55.5 Å². The van der Waals surface area contributed by atoms with Crippen molar-refractivity contribution in [2.24, 2.45) is 0 Å². The summed E-state index contributed by atoms with van der Waals surface area (Å²) >= 11 is 0. The molecule has 1 aliphatic carbocycles. The van der Waals surface area contributed by atoms with Gasteiger partial charge in [-0.25, -0.2) is 4.79 Å². The summed E-state index contributed by atoms with van der Waals surface area (Å²) in [5.41, 5.74) is 2.83. The Hall–Kier alpha value is -3.92. The van der Waals surface area contributed by atoms with E-state index in [1.807, 2.05) is 48.5 Å². The van der Waals surface area contributed by atoms with Crippen molar-refractivity contribution >= 4 is 23.9 Å². The van der Waals surface area contributed by atoms with E-state index in [-0.39, 0.29) is 25.6 Å². The zero-order chi connectivity index (χ0) is 25.4.